The van der Waals surface area contributed by atoms with E-state index in [1.165, 1.54) is 14.2 Å². The van der Waals surface area contributed by atoms with Gasteiger partial charge in [-0.3, -0.25) is 4.79 Å². The van der Waals surface area contributed by atoms with Crippen LogP contribution in [0.2, 0.25) is 25.7 Å². The van der Waals surface area contributed by atoms with Crippen LogP contribution in [0.3, 0.4) is 0 Å². The molecule has 4 atom stereocenters. The van der Waals surface area contributed by atoms with Gasteiger partial charge in [-0.15, -0.1) is 0 Å². The van der Waals surface area contributed by atoms with Crippen molar-refractivity contribution < 1.29 is 43.1 Å². The number of hydrogen-bond donors (Lipinski definition) is 2. The van der Waals surface area contributed by atoms with Gasteiger partial charge < -0.3 is 38.8 Å². The molecule has 2 N–H and O–H groups in total. The van der Waals surface area contributed by atoms with Crippen LogP contribution in [0.4, 0.5) is 5.69 Å². The Labute approximate surface area is 239 Å². The Kier molecular flexibility index (Phi) is 12.6. The molecule has 1 saturated heterocycles. The number of amides is 1. The molecule has 0 saturated carbocycles. The summed E-state index contributed by atoms with van der Waals surface area (Å²) in [6.45, 7) is 14.1. The normalized spacial score (nSPS) is 20.2. The molecule has 2 rings (SSSR count). The molecule has 1 aromatic carbocycles. The second-order valence-electron chi connectivity index (χ2n) is 11.8. The zero-order chi connectivity index (χ0) is 30.1. The van der Waals surface area contributed by atoms with E-state index in [9.17, 15) is 14.7 Å². The summed E-state index contributed by atoms with van der Waals surface area (Å²) in [5, 5.41) is 12.4. The number of carbonyl (C=O) groups excluding carboxylic acids is 2. The molecule has 1 aliphatic heterocycles. The molecule has 226 valence electrons. The number of benzene rings is 1. The topological polar surface area (TPSA) is 122 Å². The van der Waals surface area contributed by atoms with Gasteiger partial charge in [-0.1, -0.05) is 38.7 Å². The molecule has 0 spiro atoms. The van der Waals surface area contributed by atoms with Crippen LogP contribution >= 0.6 is 0 Å². The van der Waals surface area contributed by atoms with E-state index in [0.717, 1.165) is 6.04 Å². The number of ether oxygens (including phenoxy) is 6. The predicted octanol–water partition coefficient (Wildman–Crippen LogP) is 4.98. The number of carbonyl (C=O) groups is 2. The van der Waals surface area contributed by atoms with Crippen molar-refractivity contribution in [2.75, 3.05) is 32.9 Å². The van der Waals surface area contributed by atoms with Crippen LogP contribution in [-0.2, 0) is 23.7 Å². The van der Waals surface area contributed by atoms with Crippen molar-refractivity contribution in [3.8, 4) is 11.5 Å². The van der Waals surface area contributed by atoms with E-state index in [-0.39, 0.29) is 54.8 Å². The molecule has 1 aliphatic rings. The van der Waals surface area contributed by atoms with Gasteiger partial charge in [0, 0.05) is 33.2 Å². The van der Waals surface area contributed by atoms with Crippen molar-refractivity contribution in [1.82, 2.24) is 0 Å². The molecule has 1 unspecified atom stereocenters. The van der Waals surface area contributed by atoms with Gasteiger partial charge in [0.05, 0.1) is 44.1 Å². The van der Waals surface area contributed by atoms with Crippen LogP contribution in [0.15, 0.2) is 24.3 Å². The van der Waals surface area contributed by atoms with Crippen molar-refractivity contribution in [2.45, 2.75) is 90.3 Å². The van der Waals surface area contributed by atoms with Crippen molar-refractivity contribution in [1.29, 1.82) is 0 Å². The van der Waals surface area contributed by atoms with Gasteiger partial charge in [-0.05, 0) is 33.2 Å². The third-order valence-electron chi connectivity index (χ3n) is 6.25. The summed E-state index contributed by atoms with van der Waals surface area (Å²) in [6, 6.07) is 3.91. The summed E-state index contributed by atoms with van der Waals surface area (Å²) >= 11 is 0. The Bertz CT molecular complexity index is 1020. The number of anilines is 1. The van der Waals surface area contributed by atoms with Gasteiger partial charge >= 0.3 is 5.97 Å². The predicted molar refractivity (Wildman–Crippen MR) is 156 cm³/mol. The van der Waals surface area contributed by atoms with Gasteiger partial charge in [-0.2, -0.15) is 0 Å². The average molecular weight is 582 g/mol. The lowest BCUT2D eigenvalue weighted by Gasteiger charge is -2.22. The highest BCUT2D eigenvalue weighted by Crippen LogP contribution is 2.36. The lowest BCUT2D eigenvalue weighted by atomic mass is 9.96. The standard InChI is InChI=1S/C29H47NO9Si/c1-19(11-10-12-20(2)31)27-24(38-29(3,4)39-27)17-25(32)30-22-15-21(35-6)16-23(37-18-34-5)26(22)28(33)36-13-14-40(7,8)9/h10-11,15-16,19-20,24,27,31H,12-14,17-18H2,1-9H3,(H,30,32)/b11-10-/t19?,20-,24+,27-/m1/s1. The Balaban J connectivity index is 2.29. The van der Waals surface area contributed by atoms with Crippen LogP contribution in [0, 0.1) is 5.92 Å². The van der Waals surface area contributed by atoms with Gasteiger partial charge in [-0.25, -0.2) is 4.79 Å². The fraction of sp³-hybridized carbons (Fsp3) is 0.655. The first kappa shape index (κ1) is 33.8. The SMILES string of the molecule is COCOc1cc(OC)cc(NC(=O)C[C@@H]2OC(C)(C)O[C@@H]2C(C)/C=C\C[C@@H](C)O)c1C(=O)OCC[Si](C)(C)C. The fourth-order valence-electron chi connectivity index (χ4n) is 4.23. The molecule has 1 heterocycles. The highest BCUT2D eigenvalue weighted by atomic mass is 28.3. The zero-order valence-electron chi connectivity index (χ0n) is 25.4. The van der Waals surface area contributed by atoms with Crippen LogP contribution in [0.5, 0.6) is 11.5 Å². The second-order valence-corrected chi connectivity index (χ2v) is 17.4. The molecule has 0 bridgehead atoms. The zero-order valence-corrected chi connectivity index (χ0v) is 26.4. The summed E-state index contributed by atoms with van der Waals surface area (Å²) in [7, 11) is 1.51. The largest absolute Gasteiger partial charge is 0.497 e. The van der Waals surface area contributed by atoms with E-state index < -0.39 is 32.0 Å². The molecular formula is C29H47NO9Si. The third kappa shape index (κ3) is 10.9. The van der Waals surface area contributed by atoms with E-state index in [1.807, 2.05) is 19.1 Å². The number of rotatable bonds is 15. The van der Waals surface area contributed by atoms with E-state index in [2.05, 4.69) is 25.0 Å². The first-order chi connectivity index (χ1) is 18.7. The maximum absolute atomic E-state index is 13.3. The monoisotopic (exact) mass is 581 g/mol. The quantitative estimate of drug-likeness (QED) is 0.128. The first-order valence-corrected chi connectivity index (χ1v) is 17.4. The van der Waals surface area contributed by atoms with Crippen molar-refractivity contribution in [2.24, 2.45) is 5.92 Å². The van der Waals surface area contributed by atoms with E-state index in [1.54, 1.807) is 32.9 Å². The number of hydrogen-bond acceptors (Lipinski definition) is 9. The Morgan fingerprint density at radius 2 is 1.88 bits per heavy atom. The number of nitrogens with one attached hydrogen (secondary N) is 1. The van der Waals surface area contributed by atoms with Crippen molar-refractivity contribution in [3.63, 3.8) is 0 Å². The van der Waals surface area contributed by atoms with Gasteiger partial charge in [0.1, 0.15) is 17.1 Å². The van der Waals surface area contributed by atoms with Crippen LogP contribution < -0.4 is 14.8 Å². The molecule has 1 amide bonds. The Morgan fingerprint density at radius 3 is 2.48 bits per heavy atom. The summed E-state index contributed by atoms with van der Waals surface area (Å²) in [5.41, 5.74) is 0.282. The fourth-order valence-corrected chi connectivity index (χ4v) is 4.94. The van der Waals surface area contributed by atoms with Gasteiger partial charge in [0.2, 0.25) is 5.91 Å². The van der Waals surface area contributed by atoms with Crippen LogP contribution in [0.25, 0.3) is 0 Å². The van der Waals surface area contributed by atoms with Crippen LogP contribution in [-0.4, -0.2) is 76.8 Å². The van der Waals surface area contributed by atoms with Gasteiger partial charge in [0.15, 0.2) is 12.6 Å². The molecule has 0 aliphatic carbocycles. The van der Waals surface area contributed by atoms with Crippen molar-refractivity contribution >= 4 is 25.6 Å². The molecule has 10 nitrogen and oxygen atoms in total. The average Bonchev–Trinajstić information content (AvgIpc) is 3.14. The molecule has 0 radical (unpaired) electrons. The van der Waals surface area contributed by atoms with Crippen molar-refractivity contribution in [3.05, 3.63) is 29.8 Å². The summed E-state index contributed by atoms with van der Waals surface area (Å²) < 4.78 is 33.9. The molecular weight excluding hydrogens is 534 g/mol. The Hall–Kier alpha value is -2.44. The number of aliphatic hydroxyl groups excluding tert-OH is 1. The molecule has 11 heteroatoms. The molecule has 0 aromatic heterocycles. The molecule has 1 fully saturated rings. The number of esters is 1. The highest BCUT2D eigenvalue weighted by Gasteiger charge is 2.44. The van der Waals surface area contributed by atoms with E-state index >= 15 is 0 Å². The summed E-state index contributed by atoms with van der Waals surface area (Å²) in [4.78, 5) is 26.6. The lowest BCUT2D eigenvalue weighted by Crippen LogP contribution is -2.32. The summed E-state index contributed by atoms with van der Waals surface area (Å²) in [5.74, 6) is -1.37. The second kappa shape index (κ2) is 15.0. The lowest BCUT2D eigenvalue weighted by molar-refractivity contribution is -0.150. The molecule has 40 heavy (non-hydrogen) atoms. The minimum absolute atomic E-state index is 0.0156. The smallest absolute Gasteiger partial charge is 0.344 e. The maximum Gasteiger partial charge on any atom is 0.344 e. The van der Waals surface area contributed by atoms with Gasteiger partial charge in [0.25, 0.3) is 0 Å². The minimum Gasteiger partial charge on any atom is -0.497 e. The van der Waals surface area contributed by atoms with E-state index in [4.69, 9.17) is 28.4 Å². The summed E-state index contributed by atoms with van der Waals surface area (Å²) in [6.07, 6.45) is 3.00. The minimum atomic E-state index is -1.44. The number of methoxy groups -OCH3 is 2. The Morgan fingerprint density at radius 1 is 1.18 bits per heavy atom. The van der Waals surface area contributed by atoms with Crippen LogP contribution in [0.1, 0.15) is 50.9 Å². The number of aliphatic hydroxyl groups is 1. The first-order valence-electron chi connectivity index (χ1n) is 13.7. The molecule has 1 aromatic rings. The third-order valence-corrected chi connectivity index (χ3v) is 7.95. The highest BCUT2D eigenvalue weighted by molar-refractivity contribution is 6.76. The van der Waals surface area contributed by atoms with E-state index in [0.29, 0.717) is 12.2 Å². The maximum atomic E-state index is 13.3.